The number of benzene rings is 2. The summed E-state index contributed by atoms with van der Waals surface area (Å²) in [4.78, 5) is 27.5. The minimum atomic E-state index is -1.02. The van der Waals surface area contributed by atoms with Gasteiger partial charge in [0.15, 0.2) is 11.6 Å². The van der Waals surface area contributed by atoms with Crippen LogP contribution in [-0.4, -0.2) is 46.3 Å². The van der Waals surface area contributed by atoms with E-state index in [1.165, 1.54) is 15.9 Å². The molecule has 2 heterocycles. The van der Waals surface area contributed by atoms with Gasteiger partial charge in [0.1, 0.15) is 6.54 Å². The van der Waals surface area contributed by atoms with Gasteiger partial charge in [-0.2, -0.15) is 5.10 Å². The number of nitrogens with zero attached hydrogens (tertiary/aromatic N) is 4. The van der Waals surface area contributed by atoms with E-state index in [-0.39, 0.29) is 24.7 Å². The van der Waals surface area contributed by atoms with E-state index in [2.05, 4.69) is 10.4 Å². The van der Waals surface area contributed by atoms with Gasteiger partial charge in [-0.1, -0.05) is 0 Å². The number of nitrogens with one attached hydrogen (secondary N) is 1. The molecule has 1 fully saturated rings. The predicted octanol–water partition coefficient (Wildman–Crippen LogP) is 3.03. The first-order chi connectivity index (χ1) is 14.0. The lowest BCUT2D eigenvalue weighted by Crippen LogP contribution is -2.37. The van der Waals surface area contributed by atoms with Crippen molar-refractivity contribution in [1.29, 1.82) is 0 Å². The maximum Gasteiger partial charge on any atom is 0.325 e. The van der Waals surface area contributed by atoms with Crippen molar-refractivity contribution >= 4 is 23.3 Å². The summed E-state index contributed by atoms with van der Waals surface area (Å²) in [6.07, 6.45) is 3.48. The van der Waals surface area contributed by atoms with E-state index in [4.69, 9.17) is 0 Å². The van der Waals surface area contributed by atoms with Gasteiger partial charge >= 0.3 is 6.03 Å². The van der Waals surface area contributed by atoms with Crippen molar-refractivity contribution in [3.8, 4) is 5.69 Å². The second-order valence-corrected chi connectivity index (χ2v) is 6.50. The van der Waals surface area contributed by atoms with Crippen molar-refractivity contribution in [1.82, 2.24) is 14.7 Å². The summed E-state index contributed by atoms with van der Waals surface area (Å²) in [5.74, 6) is -2.35. The smallest absolute Gasteiger partial charge is 0.325 e. The lowest BCUT2D eigenvalue weighted by atomic mass is 10.3. The molecule has 1 N–H and O–H groups in total. The molecule has 1 aliphatic rings. The Balaban J connectivity index is 1.36. The zero-order valence-electron chi connectivity index (χ0n) is 15.3. The summed E-state index contributed by atoms with van der Waals surface area (Å²) in [6.45, 7) is 0.457. The minimum Gasteiger partial charge on any atom is -0.325 e. The SMILES string of the molecule is O=C(CN1CCN(c2ccc(F)c(F)c2)C1=O)Nc1ccc(-n2cccn2)cc1. The number of aromatic nitrogens is 2. The number of urea groups is 1. The van der Waals surface area contributed by atoms with E-state index in [0.29, 0.717) is 12.2 Å². The van der Waals surface area contributed by atoms with Crippen molar-refractivity contribution in [2.24, 2.45) is 0 Å². The zero-order chi connectivity index (χ0) is 20.4. The van der Waals surface area contributed by atoms with Crippen LogP contribution in [0.25, 0.3) is 5.69 Å². The maximum atomic E-state index is 13.4. The average molecular weight is 397 g/mol. The average Bonchev–Trinajstić information content (AvgIpc) is 3.36. The molecule has 0 saturated carbocycles. The molecule has 4 rings (SSSR count). The predicted molar refractivity (Wildman–Crippen MR) is 103 cm³/mol. The third kappa shape index (κ3) is 3.93. The van der Waals surface area contributed by atoms with Gasteiger partial charge in [-0.3, -0.25) is 9.69 Å². The van der Waals surface area contributed by atoms with E-state index >= 15 is 0 Å². The summed E-state index contributed by atoms with van der Waals surface area (Å²) in [6, 6.07) is 11.8. The van der Waals surface area contributed by atoms with Gasteiger partial charge in [-0.05, 0) is 42.5 Å². The standard InChI is InChI=1S/C20H17F2N5O2/c21-17-7-6-16(12-18(17)22)26-11-10-25(20(26)29)13-19(28)24-14-2-4-15(5-3-14)27-9-1-8-23-27/h1-9,12H,10-11,13H2,(H,24,28). The monoisotopic (exact) mass is 397 g/mol. The Morgan fingerprint density at radius 2 is 1.79 bits per heavy atom. The van der Waals surface area contributed by atoms with Crippen LogP contribution in [-0.2, 0) is 4.79 Å². The van der Waals surface area contributed by atoms with E-state index in [9.17, 15) is 18.4 Å². The fourth-order valence-electron chi connectivity index (χ4n) is 3.11. The minimum absolute atomic E-state index is 0.139. The molecule has 3 aromatic rings. The van der Waals surface area contributed by atoms with Gasteiger partial charge in [-0.15, -0.1) is 0 Å². The van der Waals surface area contributed by atoms with Crippen molar-refractivity contribution in [3.05, 3.63) is 72.6 Å². The first kappa shape index (κ1) is 18.6. The van der Waals surface area contributed by atoms with Crippen LogP contribution in [0.3, 0.4) is 0 Å². The molecule has 1 aliphatic heterocycles. The molecule has 3 amide bonds. The molecule has 9 heteroatoms. The van der Waals surface area contributed by atoms with E-state index in [1.54, 1.807) is 23.0 Å². The molecular formula is C20H17F2N5O2. The molecule has 0 bridgehead atoms. The van der Waals surface area contributed by atoms with Gasteiger partial charge in [0, 0.05) is 42.9 Å². The highest BCUT2D eigenvalue weighted by Gasteiger charge is 2.31. The molecule has 1 saturated heterocycles. The first-order valence-electron chi connectivity index (χ1n) is 8.93. The Bertz CT molecular complexity index is 1040. The molecular weight excluding hydrogens is 380 g/mol. The molecule has 0 unspecified atom stereocenters. The molecule has 148 valence electrons. The lowest BCUT2D eigenvalue weighted by molar-refractivity contribution is -0.116. The van der Waals surface area contributed by atoms with Crippen LogP contribution in [0.1, 0.15) is 0 Å². The van der Waals surface area contributed by atoms with Crippen molar-refractivity contribution in [2.45, 2.75) is 0 Å². The van der Waals surface area contributed by atoms with Crippen LogP contribution < -0.4 is 10.2 Å². The lowest BCUT2D eigenvalue weighted by Gasteiger charge is -2.18. The van der Waals surface area contributed by atoms with E-state index in [0.717, 1.165) is 17.8 Å². The van der Waals surface area contributed by atoms with Crippen LogP contribution in [0.2, 0.25) is 0 Å². The molecule has 2 aromatic carbocycles. The zero-order valence-corrected chi connectivity index (χ0v) is 15.3. The normalized spacial score (nSPS) is 13.8. The first-order valence-corrected chi connectivity index (χ1v) is 8.93. The highest BCUT2D eigenvalue weighted by atomic mass is 19.2. The van der Waals surface area contributed by atoms with Crippen LogP contribution in [0, 0.1) is 11.6 Å². The number of carbonyl (C=O) groups is 2. The van der Waals surface area contributed by atoms with Gasteiger partial charge in [0.2, 0.25) is 5.91 Å². The summed E-state index contributed by atoms with van der Waals surface area (Å²) < 4.78 is 28.2. The molecule has 0 radical (unpaired) electrons. The summed E-state index contributed by atoms with van der Waals surface area (Å²) in [7, 11) is 0. The molecule has 0 aliphatic carbocycles. The highest BCUT2D eigenvalue weighted by Crippen LogP contribution is 2.22. The quantitative estimate of drug-likeness (QED) is 0.720. The van der Waals surface area contributed by atoms with Crippen LogP contribution in [0.4, 0.5) is 25.0 Å². The van der Waals surface area contributed by atoms with Gasteiger partial charge in [0.05, 0.1) is 5.69 Å². The van der Waals surface area contributed by atoms with E-state index in [1.807, 2.05) is 24.4 Å². The largest absolute Gasteiger partial charge is 0.325 e. The molecule has 29 heavy (non-hydrogen) atoms. The maximum absolute atomic E-state index is 13.4. The molecule has 0 atom stereocenters. The summed E-state index contributed by atoms with van der Waals surface area (Å²) in [5.41, 5.74) is 1.70. The Morgan fingerprint density at radius 3 is 2.48 bits per heavy atom. The Hall–Kier alpha value is -3.75. The van der Waals surface area contributed by atoms with Crippen molar-refractivity contribution in [2.75, 3.05) is 29.9 Å². The highest BCUT2D eigenvalue weighted by molar-refractivity contribution is 5.99. The van der Waals surface area contributed by atoms with Gasteiger partial charge < -0.3 is 10.2 Å². The molecule has 7 nitrogen and oxygen atoms in total. The Morgan fingerprint density at radius 1 is 1.03 bits per heavy atom. The van der Waals surface area contributed by atoms with Crippen LogP contribution in [0.5, 0.6) is 0 Å². The number of hydrogen-bond donors (Lipinski definition) is 1. The third-order valence-corrected chi connectivity index (χ3v) is 4.56. The van der Waals surface area contributed by atoms with Crippen LogP contribution >= 0.6 is 0 Å². The molecule has 0 spiro atoms. The van der Waals surface area contributed by atoms with Gasteiger partial charge in [-0.25, -0.2) is 18.3 Å². The van der Waals surface area contributed by atoms with E-state index < -0.39 is 17.7 Å². The summed E-state index contributed by atoms with van der Waals surface area (Å²) in [5, 5.41) is 6.87. The topological polar surface area (TPSA) is 70.5 Å². The summed E-state index contributed by atoms with van der Waals surface area (Å²) >= 11 is 0. The second-order valence-electron chi connectivity index (χ2n) is 6.50. The number of hydrogen-bond acceptors (Lipinski definition) is 3. The number of rotatable bonds is 5. The fourth-order valence-corrected chi connectivity index (χ4v) is 3.11. The number of anilines is 2. The second kappa shape index (κ2) is 7.70. The Kier molecular flexibility index (Phi) is 4.94. The number of amides is 3. The third-order valence-electron chi connectivity index (χ3n) is 4.56. The van der Waals surface area contributed by atoms with Crippen molar-refractivity contribution in [3.63, 3.8) is 0 Å². The van der Waals surface area contributed by atoms with Gasteiger partial charge in [0.25, 0.3) is 0 Å². The number of halogens is 2. The molecule has 1 aromatic heterocycles. The Labute approximate surface area is 165 Å². The fraction of sp³-hybridized carbons (Fsp3) is 0.150. The van der Waals surface area contributed by atoms with Crippen molar-refractivity contribution < 1.29 is 18.4 Å². The van der Waals surface area contributed by atoms with Crippen LogP contribution in [0.15, 0.2) is 60.9 Å². The number of carbonyl (C=O) groups excluding carboxylic acids is 2.